The van der Waals surface area contributed by atoms with Gasteiger partial charge in [-0.3, -0.25) is 15.0 Å². The largest absolute Gasteiger partial charge is 0.347 e. The molecule has 0 radical (unpaired) electrons. The summed E-state index contributed by atoms with van der Waals surface area (Å²) in [7, 11) is 0. The van der Waals surface area contributed by atoms with Crippen molar-refractivity contribution < 1.29 is 4.79 Å². The van der Waals surface area contributed by atoms with E-state index in [9.17, 15) is 4.79 Å². The van der Waals surface area contributed by atoms with Crippen LogP contribution in [-0.2, 0) is 17.8 Å². The number of piperazine rings is 1. The van der Waals surface area contributed by atoms with Crippen LogP contribution in [-0.4, -0.2) is 63.9 Å². The predicted octanol–water partition coefficient (Wildman–Crippen LogP) is -0.0234. The Kier molecular flexibility index (Phi) is 3.76. The van der Waals surface area contributed by atoms with Crippen molar-refractivity contribution in [2.45, 2.75) is 38.9 Å². The number of nitrogens with zero attached hydrogens (tertiary/aromatic N) is 3. The second-order valence-electron chi connectivity index (χ2n) is 5.73. The number of aromatic nitrogens is 2. The van der Waals surface area contributed by atoms with Crippen LogP contribution >= 0.6 is 0 Å². The van der Waals surface area contributed by atoms with Crippen LogP contribution in [0.1, 0.15) is 25.2 Å². The van der Waals surface area contributed by atoms with Gasteiger partial charge >= 0.3 is 0 Å². The van der Waals surface area contributed by atoms with Crippen molar-refractivity contribution in [3.63, 3.8) is 0 Å². The molecular formula is C14H23N5O. The normalized spacial score (nSPS) is 27.4. The van der Waals surface area contributed by atoms with Crippen LogP contribution in [0.5, 0.6) is 0 Å². The summed E-state index contributed by atoms with van der Waals surface area (Å²) in [4.78, 5) is 24.5. The molecule has 0 saturated carbocycles. The lowest BCUT2D eigenvalue weighted by Gasteiger charge is -2.41. The minimum absolute atomic E-state index is 0.119. The summed E-state index contributed by atoms with van der Waals surface area (Å²) in [6.07, 6.45) is 2.40. The van der Waals surface area contributed by atoms with E-state index in [-0.39, 0.29) is 11.9 Å². The molecule has 0 aliphatic carbocycles. The molecule has 0 aromatic carbocycles. The molecule has 1 aromatic heterocycles. The molecule has 2 N–H and O–H groups in total. The summed E-state index contributed by atoms with van der Waals surface area (Å²) in [6, 6.07) is 0.327. The summed E-state index contributed by atoms with van der Waals surface area (Å²) < 4.78 is 0. The second-order valence-corrected chi connectivity index (χ2v) is 5.73. The van der Waals surface area contributed by atoms with E-state index >= 15 is 0 Å². The van der Waals surface area contributed by atoms with Gasteiger partial charge in [0.2, 0.25) is 5.91 Å². The highest BCUT2D eigenvalue weighted by atomic mass is 16.2. The standard InChI is InChI=1S/C14H23N5O/c1-3-18-4-5-19(8-10(18)2)14(20)12-6-11-13(7-15-12)17-9-16-11/h9-10,12,15H,3-8H2,1-2H3,(H,16,17). The zero-order chi connectivity index (χ0) is 14.1. The SMILES string of the molecule is CCN1CCN(C(=O)C2Cc3nc[nH]c3CN2)CC1C. The van der Waals surface area contributed by atoms with Gasteiger partial charge in [0.1, 0.15) is 0 Å². The zero-order valence-electron chi connectivity index (χ0n) is 12.2. The number of carbonyl (C=O) groups excluding carboxylic acids is 1. The van der Waals surface area contributed by atoms with E-state index in [1.54, 1.807) is 6.33 Å². The lowest BCUT2D eigenvalue weighted by molar-refractivity contribution is -0.136. The third-order valence-corrected chi connectivity index (χ3v) is 4.51. The first-order chi connectivity index (χ1) is 9.69. The third-order valence-electron chi connectivity index (χ3n) is 4.51. The summed E-state index contributed by atoms with van der Waals surface area (Å²) in [5, 5.41) is 3.32. The molecule has 1 amide bonds. The molecule has 2 aliphatic rings. The molecule has 6 heteroatoms. The fraction of sp³-hybridized carbons (Fsp3) is 0.714. The molecule has 1 fully saturated rings. The topological polar surface area (TPSA) is 64.3 Å². The summed E-state index contributed by atoms with van der Waals surface area (Å²) in [5.41, 5.74) is 2.14. The van der Waals surface area contributed by atoms with E-state index in [0.717, 1.165) is 37.6 Å². The minimum Gasteiger partial charge on any atom is -0.347 e. The Hall–Kier alpha value is -1.40. The van der Waals surface area contributed by atoms with Crippen molar-refractivity contribution in [1.82, 2.24) is 25.1 Å². The zero-order valence-corrected chi connectivity index (χ0v) is 12.2. The highest BCUT2D eigenvalue weighted by molar-refractivity contribution is 5.82. The maximum atomic E-state index is 12.6. The number of carbonyl (C=O) groups is 1. The first-order valence-corrected chi connectivity index (χ1v) is 7.46. The van der Waals surface area contributed by atoms with Crippen LogP contribution in [0.4, 0.5) is 0 Å². The highest BCUT2D eigenvalue weighted by Crippen LogP contribution is 2.16. The van der Waals surface area contributed by atoms with Crippen molar-refractivity contribution in [3.05, 3.63) is 17.7 Å². The van der Waals surface area contributed by atoms with Crippen LogP contribution in [0.25, 0.3) is 0 Å². The third kappa shape index (κ3) is 2.45. The Balaban J connectivity index is 1.63. The van der Waals surface area contributed by atoms with Crippen molar-refractivity contribution in [1.29, 1.82) is 0 Å². The number of hydrogen-bond donors (Lipinski definition) is 2. The Morgan fingerprint density at radius 2 is 2.35 bits per heavy atom. The monoisotopic (exact) mass is 277 g/mol. The first-order valence-electron chi connectivity index (χ1n) is 7.46. The molecule has 20 heavy (non-hydrogen) atoms. The van der Waals surface area contributed by atoms with Gasteiger partial charge in [0.15, 0.2) is 0 Å². The molecule has 6 nitrogen and oxygen atoms in total. The van der Waals surface area contributed by atoms with Crippen LogP contribution in [0.3, 0.4) is 0 Å². The van der Waals surface area contributed by atoms with E-state index in [4.69, 9.17) is 0 Å². The second kappa shape index (κ2) is 5.54. The molecule has 0 bridgehead atoms. The number of amides is 1. The van der Waals surface area contributed by atoms with Crippen molar-refractivity contribution in [2.75, 3.05) is 26.2 Å². The lowest BCUT2D eigenvalue weighted by Crippen LogP contribution is -2.58. The molecule has 3 heterocycles. The highest BCUT2D eigenvalue weighted by Gasteiger charge is 2.32. The maximum absolute atomic E-state index is 12.6. The molecule has 0 spiro atoms. The Labute approximate surface area is 119 Å². The van der Waals surface area contributed by atoms with Crippen LogP contribution in [0.2, 0.25) is 0 Å². The average molecular weight is 277 g/mol. The smallest absolute Gasteiger partial charge is 0.240 e. The molecule has 2 unspecified atom stereocenters. The van der Waals surface area contributed by atoms with Gasteiger partial charge in [-0.05, 0) is 13.5 Å². The predicted molar refractivity (Wildman–Crippen MR) is 76.2 cm³/mol. The van der Waals surface area contributed by atoms with E-state index in [0.29, 0.717) is 19.0 Å². The first kappa shape index (κ1) is 13.6. The molecule has 1 aromatic rings. The van der Waals surface area contributed by atoms with Gasteiger partial charge in [-0.15, -0.1) is 0 Å². The number of hydrogen-bond acceptors (Lipinski definition) is 4. The van der Waals surface area contributed by atoms with E-state index in [2.05, 4.69) is 34.0 Å². The van der Waals surface area contributed by atoms with Crippen LogP contribution < -0.4 is 5.32 Å². The molecule has 110 valence electrons. The molecular weight excluding hydrogens is 254 g/mol. The molecule has 1 saturated heterocycles. The maximum Gasteiger partial charge on any atom is 0.240 e. The van der Waals surface area contributed by atoms with Gasteiger partial charge in [-0.25, -0.2) is 4.98 Å². The van der Waals surface area contributed by atoms with E-state index in [1.807, 2.05) is 4.90 Å². The quantitative estimate of drug-likeness (QED) is 0.797. The lowest BCUT2D eigenvalue weighted by atomic mass is 10.0. The Morgan fingerprint density at radius 1 is 1.50 bits per heavy atom. The molecule has 2 aliphatic heterocycles. The molecule has 2 atom stereocenters. The number of rotatable bonds is 2. The Bertz CT molecular complexity index is 486. The van der Waals surface area contributed by atoms with Crippen molar-refractivity contribution >= 4 is 5.91 Å². The number of fused-ring (bicyclic) bond motifs is 1. The summed E-state index contributed by atoms with van der Waals surface area (Å²) >= 11 is 0. The van der Waals surface area contributed by atoms with Gasteiger partial charge < -0.3 is 9.88 Å². The number of nitrogens with one attached hydrogen (secondary N) is 2. The number of aromatic amines is 1. The van der Waals surface area contributed by atoms with Crippen molar-refractivity contribution in [3.8, 4) is 0 Å². The summed E-state index contributed by atoms with van der Waals surface area (Å²) in [5.74, 6) is 0.223. The van der Waals surface area contributed by atoms with Crippen LogP contribution in [0.15, 0.2) is 6.33 Å². The number of imidazole rings is 1. The van der Waals surface area contributed by atoms with E-state index in [1.165, 1.54) is 0 Å². The van der Waals surface area contributed by atoms with Gasteiger partial charge in [0.05, 0.1) is 23.8 Å². The van der Waals surface area contributed by atoms with Crippen molar-refractivity contribution in [2.24, 2.45) is 0 Å². The van der Waals surface area contributed by atoms with Crippen LogP contribution in [0, 0.1) is 0 Å². The van der Waals surface area contributed by atoms with Gasteiger partial charge in [-0.1, -0.05) is 6.92 Å². The fourth-order valence-electron chi connectivity index (χ4n) is 3.23. The Morgan fingerprint density at radius 3 is 3.10 bits per heavy atom. The van der Waals surface area contributed by atoms with Gasteiger partial charge in [-0.2, -0.15) is 0 Å². The number of likely N-dealkylation sites (N-methyl/N-ethyl adjacent to an activating group) is 1. The summed E-state index contributed by atoms with van der Waals surface area (Å²) in [6.45, 7) is 8.78. The molecule has 3 rings (SSSR count). The number of H-pyrrole nitrogens is 1. The fourth-order valence-corrected chi connectivity index (χ4v) is 3.23. The van der Waals surface area contributed by atoms with Gasteiger partial charge in [0, 0.05) is 38.6 Å². The van der Waals surface area contributed by atoms with E-state index < -0.39 is 0 Å². The minimum atomic E-state index is -0.119. The van der Waals surface area contributed by atoms with Gasteiger partial charge in [0.25, 0.3) is 0 Å². The average Bonchev–Trinajstić information content (AvgIpc) is 2.93.